The summed E-state index contributed by atoms with van der Waals surface area (Å²) in [6.07, 6.45) is 12.2. The molecule has 1 aliphatic carbocycles. The summed E-state index contributed by atoms with van der Waals surface area (Å²) in [5, 5.41) is 3.49. The van der Waals surface area contributed by atoms with Crippen molar-refractivity contribution in [3.05, 3.63) is 166 Å². The van der Waals surface area contributed by atoms with E-state index in [0.29, 0.717) is 24.6 Å². The molecule has 5 aromatic carbocycles. The zero-order valence-electron chi connectivity index (χ0n) is 31.2. The Bertz CT molecular complexity index is 1840. The summed E-state index contributed by atoms with van der Waals surface area (Å²) in [7, 11) is 0. The maximum atomic E-state index is 13.5. The molecule has 0 aromatic heterocycles. The van der Waals surface area contributed by atoms with Crippen LogP contribution >= 0.6 is 11.6 Å². The molecule has 0 saturated heterocycles. The van der Waals surface area contributed by atoms with Crippen molar-refractivity contribution in [2.75, 3.05) is 13.2 Å². The van der Waals surface area contributed by atoms with Crippen LogP contribution in [0.2, 0.25) is 5.02 Å². The molecular formula is C48H52ClNO4. The van der Waals surface area contributed by atoms with Crippen LogP contribution in [-0.4, -0.2) is 25.2 Å². The monoisotopic (exact) mass is 741 g/mol. The standard InChI is InChI=1S/C48H52ClNO4/c49-45-33-22-21-32-44(45)48(37-24-12-10-13-25-37,38-26-14-11-15-27-38)54-46(51)34-16-8-6-4-2-1-3-5-7-9-23-35-50-47(52)53-36-43-41-30-19-17-28-39(41)40-29-18-20-31-42(40)43/h10-15,17-22,24-33,43H,1-9,16,23,34-36H2,(H,50,52). The minimum Gasteiger partial charge on any atom is -0.449 e. The molecule has 0 atom stereocenters. The normalized spacial score (nSPS) is 12.2. The van der Waals surface area contributed by atoms with Gasteiger partial charge < -0.3 is 14.8 Å². The molecular weight excluding hydrogens is 690 g/mol. The molecule has 0 aliphatic heterocycles. The second kappa shape index (κ2) is 20.0. The molecule has 54 heavy (non-hydrogen) atoms. The van der Waals surface area contributed by atoms with Gasteiger partial charge in [0.15, 0.2) is 5.60 Å². The number of unbranched alkanes of at least 4 members (excludes halogenated alkanes) is 10. The minimum absolute atomic E-state index is 0.0824. The first-order valence-corrected chi connectivity index (χ1v) is 20.1. The number of hydrogen-bond acceptors (Lipinski definition) is 4. The van der Waals surface area contributed by atoms with E-state index in [0.717, 1.165) is 48.8 Å². The topological polar surface area (TPSA) is 64.6 Å². The van der Waals surface area contributed by atoms with Gasteiger partial charge in [0.2, 0.25) is 0 Å². The predicted molar refractivity (Wildman–Crippen MR) is 219 cm³/mol. The number of hydrogen-bond donors (Lipinski definition) is 1. The van der Waals surface area contributed by atoms with Crippen LogP contribution in [0, 0.1) is 0 Å². The Hall–Kier alpha value is -4.87. The molecule has 1 aliphatic rings. The molecule has 0 radical (unpaired) electrons. The average Bonchev–Trinajstić information content (AvgIpc) is 3.53. The van der Waals surface area contributed by atoms with Gasteiger partial charge in [0.1, 0.15) is 6.61 Å². The summed E-state index contributed by atoms with van der Waals surface area (Å²) in [5.74, 6) is -0.143. The Balaban J connectivity index is 0.822. The average molecular weight is 742 g/mol. The highest BCUT2D eigenvalue weighted by Crippen LogP contribution is 2.45. The number of fused-ring (bicyclic) bond motifs is 3. The van der Waals surface area contributed by atoms with E-state index >= 15 is 0 Å². The Labute approximate surface area is 326 Å². The maximum absolute atomic E-state index is 13.5. The van der Waals surface area contributed by atoms with Crippen molar-refractivity contribution in [3.8, 4) is 11.1 Å². The van der Waals surface area contributed by atoms with Gasteiger partial charge in [-0.2, -0.15) is 0 Å². The molecule has 0 heterocycles. The van der Waals surface area contributed by atoms with Crippen LogP contribution in [0.15, 0.2) is 133 Å². The molecule has 0 saturated carbocycles. The highest BCUT2D eigenvalue weighted by atomic mass is 35.5. The SMILES string of the molecule is O=C(CCCCCCCCCCCCCNC(=O)OCC1c2ccccc2-c2ccccc21)OC(c1ccccc1)(c1ccccc1)c1ccccc1Cl. The number of amides is 1. The first-order chi connectivity index (χ1) is 26.6. The fourth-order valence-electron chi connectivity index (χ4n) is 7.79. The Kier molecular flexibility index (Phi) is 14.4. The summed E-state index contributed by atoms with van der Waals surface area (Å²) in [6.45, 7) is 0.991. The lowest BCUT2D eigenvalue weighted by molar-refractivity contribution is -0.153. The summed E-state index contributed by atoms with van der Waals surface area (Å²) in [6, 6.07) is 44.2. The van der Waals surface area contributed by atoms with E-state index in [9.17, 15) is 9.59 Å². The molecule has 1 amide bonds. The number of carbonyl (C=O) groups is 2. The molecule has 6 heteroatoms. The Morgan fingerprint density at radius 2 is 1.02 bits per heavy atom. The number of alkyl carbamates (subject to hydrolysis) is 1. The number of ether oxygens (including phenoxy) is 2. The van der Waals surface area contributed by atoms with Gasteiger partial charge in [-0.1, -0.05) is 197 Å². The third-order valence-corrected chi connectivity index (χ3v) is 10.9. The van der Waals surface area contributed by atoms with Crippen LogP contribution in [-0.2, 0) is 19.9 Å². The first-order valence-electron chi connectivity index (χ1n) is 19.7. The Morgan fingerprint density at radius 3 is 1.57 bits per heavy atom. The number of nitrogens with one attached hydrogen (secondary N) is 1. The van der Waals surface area contributed by atoms with Gasteiger partial charge in [0.25, 0.3) is 0 Å². The molecule has 0 unspecified atom stereocenters. The van der Waals surface area contributed by atoms with Gasteiger partial charge in [-0.15, -0.1) is 0 Å². The lowest BCUT2D eigenvalue weighted by Crippen LogP contribution is -2.35. The van der Waals surface area contributed by atoms with E-state index in [-0.39, 0.29) is 18.0 Å². The number of rotatable bonds is 20. The fourth-order valence-corrected chi connectivity index (χ4v) is 8.06. The molecule has 280 valence electrons. The maximum Gasteiger partial charge on any atom is 0.407 e. The van der Waals surface area contributed by atoms with E-state index in [2.05, 4.69) is 41.7 Å². The summed E-state index contributed by atoms with van der Waals surface area (Å²) >= 11 is 6.78. The van der Waals surface area contributed by atoms with Crippen molar-refractivity contribution < 1.29 is 19.1 Å². The molecule has 5 nitrogen and oxygen atoms in total. The van der Waals surface area contributed by atoms with Crippen LogP contribution in [0.4, 0.5) is 4.79 Å². The van der Waals surface area contributed by atoms with Crippen molar-refractivity contribution in [2.45, 2.75) is 88.6 Å². The van der Waals surface area contributed by atoms with E-state index in [4.69, 9.17) is 21.1 Å². The van der Waals surface area contributed by atoms with Gasteiger partial charge in [-0.05, 0) is 41.2 Å². The van der Waals surface area contributed by atoms with Gasteiger partial charge in [0, 0.05) is 40.6 Å². The third kappa shape index (κ3) is 9.81. The lowest BCUT2D eigenvalue weighted by Gasteiger charge is -2.36. The van der Waals surface area contributed by atoms with Gasteiger partial charge in [0.05, 0.1) is 0 Å². The molecule has 5 aromatic rings. The second-order valence-electron chi connectivity index (χ2n) is 14.3. The zero-order chi connectivity index (χ0) is 37.4. The van der Waals surface area contributed by atoms with Crippen LogP contribution < -0.4 is 5.32 Å². The van der Waals surface area contributed by atoms with Crippen molar-refractivity contribution in [1.29, 1.82) is 0 Å². The summed E-state index contributed by atoms with van der Waals surface area (Å²) < 4.78 is 12.2. The number of halogens is 1. The van der Waals surface area contributed by atoms with Crippen LogP contribution in [0.5, 0.6) is 0 Å². The second-order valence-corrected chi connectivity index (χ2v) is 14.7. The van der Waals surface area contributed by atoms with Crippen molar-refractivity contribution >= 4 is 23.7 Å². The highest BCUT2D eigenvalue weighted by molar-refractivity contribution is 6.31. The van der Waals surface area contributed by atoms with Crippen LogP contribution in [0.25, 0.3) is 11.1 Å². The quantitative estimate of drug-likeness (QED) is 0.0490. The van der Waals surface area contributed by atoms with Gasteiger partial charge in [-0.25, -0.2) is 4.79 Å². The van der Waals surface area contributed by atoms with E-state index in [1.165, 1.54) is 60.8 Å². The number of esters is 1. The molecule has 0 spiro atoms. The largest absolute Gasteiger partial charge is 0.449 e. The van der Waals surface area contributed by atoms with Gasteiger partial charge in [-0.3, -0.25) is 4.79 Å². The zero-order valence-corrected chi connectivity index (χ0v) is 31.9. The third-order valence-electron chi connectivity index (χ3n) is 10.6. The summed E-state index contributed by atoms with van der Waals surface area (Å²) in [4.78, 5) is 25.9. The first kappa shape index (κ1) is 38.8. The summed E-state index contributed by atoms with van der Waals surface area (Å²) in [5.41, 5.74) is 6.26. The van der Waals surface area contributed by atoms with Crippen molar-refractivity contribution in [1.82, 2.24) is 5.32 Å². The molecule has 0 bridgehead atoms. The van der Waals surface area contributed by atoms with E-state index in [1.807, 2.05) is 97.1 Å². The van der Waals surface area contributed by atoms with E-state index in [1.54, 1.807) is 0 Å². The predicted octanol–water partition coefficient (Wildman–Crippen LogP) is 12.4. The highest BCUT2D eigenvalue weighted by Gasteiger charge is 2.42. The minimum atomic E-state index is -1.14. The fraction of sp³-hybridized carbons (Fsp3) is 0.333. The number of carbonyl (C=O) groups excluding carboxylic acids is 2. The van der Waals surface area contributed by atoms with E-state index < -0.39 is 5.60 Å². The molecule has 6 rings (SSSR count). The van der Waals surface area contributed by atoms with Crippen molar-refractivity contribution in [3.63, 3.8) is 0 Å². The lowest BCUT2D eigenvalue weighted by atomic mass is 9.80. The molecule has 1 N–H and O–H groups in total. The van der Waals surface area contributed by atoms with Crippen LogP contribution in [0.3, 0.4) is 0 Å². The smallest absolute Gasteiger partial charge is 0.407 e. The van der Waals surface area contributed by atoms with Crippen molar-refractivity contribution in [2.24, 2.45) is 0 Å². The Morgan fingerprint density at radius 1 is 0.556 bits per heavy atom. The van der Waals surface area contributed by atoms with Crippen LogP contribution in [0.1, 0.15) is 111 Å². The number of benzene rings is 5. The molecule has 0 fully saturated rings. The van der Waals surface area contributed by atoms with Gasteiger partial charge >= 0.3 is 12.1 Å².